The first kappa shape index (κ1) is 15.4. The van der Waals surface area contributed by atoms with E-state index in [1.165, 1.54) is 0 Å². The smallest absolute Gasteiger partial charge is 0.351 e. The number of benzene rings is 1. The van der Waals surface area contributed by atoms with Crippen LogP contribution in [0.15, 0.2) is 36.0 Å². The number of hydrogen-bond donors (Lipinski definition) is 1. The summed E-state index contributed by atoms with van der Waals surface area (Å²) in [6, 6.07) is 3.93. The molecule has 8 heteroatoms. The fraction of sp³-hybridized carbons (Fsp3) is 0.182. The van der Waals surface area contributed by atoms with Crippen LogP contribution in [0.25, 0.3) is 0 Å². The minimum Gasteiger partial charge on any atom is -0.351 e. The maximum atomic E-state index is 12.6. The first-order valence-electron chi connectivity index (χ1n) is 4.83. The molecule has 0 spiro atoms. The van der Waals surface area contributed by atoms with Crippen LogP contribution in [0.4, 0.5) is 27.6 Å². The normalized spacial score (nSPS) is 14.1. The molecule has 0 bridgehead atoms. The van der Waals surface area contributed by atoms with Gasteiger partial charge in [0.1, 0.15) is 11.5 Å². The molecule has 0 saturated carbocycles. The van der Waals surface area contributed by atoms with Crippen LogP contribution in [-0.2, 0) is 4.79 Å². The van der Waals surface area contributed by atoms with Crippen molar-refractivity contribution >= 4 is 23.1 Å². The van der Waals surface area contributed by atoms with Crippen LogP contribution in [0.5, 0.6) is 0 Å². The Hall–Kier alpha value is -1.63. The second-order valence-electron chi connectivity index (χ2n) is 3.39. The van der Waals surface area contributed by atoms with Crippen LogP contribution in [0.3, 0.4) is 0 Å². The molecule has 0 saturated heterocycles. The molecule has 1 N–H and O–H groups in total. The summed E-state index contributed by atoms with van der Waals surface area (Å²) in [6.45, 7) is 0. The number of alkyl halides is 5. The third-order valence-corrected chi connectivity index (χ3v) is 2.15. The highest BCUT2D eigenvalue weighted by Gasteiger charge is 2.35. The summed E-state index contributed by atoms with van der Waals surface area (Å²) >= 11 is 4.74. The summed E-state index contributed by atoms with van der Waals surface area (Å²) in [5, 5.41) is 1.86. The van der Waals surface area contributed by atoms with Crippen molar-refractivity contribution in [2.45, 2.75) is 11.8 Å². The first-order chi connectivity index (χ1) is 8.70. The van der Waals surface area contributed by atoms with E-state index in [1.807, 2.05) is 5.32 Å². The summed E-state index contributed by atoms with van der Waals surface area (Å²) < 4.78 is 62.7. The lowest BCUT2D eigenvalue weighted by molar-refractivity contribution is -0.118. The van der Waals surface area contributed by atoms with Crippen molar-refractivity contribution in [3.63, 3.8) is 0 Å². The molecule has 1 aromatic carbocycles. The molecular formula is C11H7ClF5NO. The van der Waals surface area contributed by atoms with Gasteiger partial charge in [-0.2, -0.15) is 13.2 Å². The van der Waals surface area contributed by atoms with Crippen molar-refractivity contribution in [3.05, 3.63) is 41.9 Å². The number of hydrogen-bond acceptors (Lipinski definition) is 2. The van der Waals surface area contributed by atoms with E-state index in [2.05, 4.69) is 0 Å². The molecule has 0 aliphatic rings. The number of halogens is 6. The molecule has 1 atom stereocenters. The largest absolute Gasteiger partial charge is 0.431 e. The van der Waals surface area contributed by atoms with Crippen LogP contribution in [0.1, 0.15) is 0 Å². The minimum absolute atomic E-state index is 0.0149. The summed E-state index contributed by atoms with van der Waals surface area (Å²) in [5.41, 5.74) is -4.16. The summed E-state index contributed by atoms with van der Waals surface area (Å²) in [5.74, 6) is -2.17. The van der Waals surface area contributed by atoms with Gasteiger partial charge >= 0.3 is 6.18 Å². The molecule has 2 nitrogen and oxygen atoms in total. The maximum Gasteiger partial charge on any atom is 0.431 e. The van der Waals surface area contributed by atoms with E-state index in [4.69, 9.17) is 11.6 Å². The van der Waals surface area contributed by atoms with Gasteiger partial charge in [-0.25, -0.2) is 8.78 Å². The van der Waals surface area contributed by atoms with Gasteiger partial charge in [0.25, 0.3) is 0 Å². The van der Waals surface area contributed by atoms with Gasteiger partial charge in [0.15, 0.2) is 0 Å². The standard InChI is InChI=1S/C11H7ClF5NO/c12-10(14)8(19)5-9(11(15,16)17)18-7-3-1-6(13)2-4-7/h1-5,10,18H. The van der Waals surface area contributed by atoms with Crippen molar-refractivity contribution in [3.8, 4) is 0 Å². The molecule has 0 aliphatic heterocycles. The lowest BCUT2D eigenvalue weighted by atomic mass is 10.2. The Morgan fingerprint density at radius 2 is 1.79 bits per heavy atom. The van der Waals surface area contributed by atoms with Crippen LogP contribution in [0, 0.1) is 5.82 Å². The minimum atomic E-state index is -4.91. The Labute approximate surface area is 109 Å². The predicted octanol–water partition coefficient (Wildman–Crippen LogP) is 3.79. The van der Waals surface area contributed by atoms with E-state index in [0.29, 0.717) is 0 Å². The second kappa shape index (κ2) is 6.01. The van der Waals surface area contributed by atoms with E-state index in [9.17, 15) is 26.7 Å². The zero-order chi connectivity index (χ0) is 14.6. The highest BCUT2D eigenvalue weighted by atomic mass is 35.5. The SMILES string of the molecule is O=C(C=C(Nc1ccc(F)cc1)C(F)(F)F)C(F)Cl. The van der Waals surface area contributed by atoms with Gasteiger partial charge in [-0.3, -0.25) is 4.79 Å². The highest BCUT2D eigenvalue weighted by Crippen LogP contribution is 2.27. The summed E-state index contributed by atoms with van der Waals surface area (Å²) in [6.07, 6.45) is -4.89. The zero-order valence-electron chi connectivity index (χ0n) is 9.14. The molecule has 1 unspecified atom stereocenters. The van der Waals surface area contributed by atoms with E-state index < -0.39 is 29.1 Å². The lowest BCUT2D eigenvalue weighted by Crippen LogP contribution is -2.21. The molecular weight excluding hydrogens is 293 g/mol. The average molecular weight is 300 g/mol. The first-order valence-corrected chi connectivity index (χ1v) is 5.27. The van der Waals surface area contributed by atoms with Gasteiger partial charge in [-0.15, -0.1) is 0 Å². The molecule has 0 amide bonds. The van der Waals surface area contributed by atoms with Gasteiger partial charge in [0.2, 0.25) is 11.4 Å². The molecule has 0 aliphatic carbocycles. The van der Waals surface area contributed by atoms with Gasteiger partial charge in [0.05, 0.1) is 0 Å². The van der Waals surface area contributed by atoms with E-state index in [-0.39, 0.29) is 11.8 Å². The number of rotatable bonds is 4. The Balaban J connectivity index is 3.00. The van der Waals surface area contributed by atoms with Crippen molar-refractivity contribution < 1.29 is 26.7 Å². The maximum absolute atomic E-state index is 12.6. The number of carbonyl (C=O) groups excluding carboxylic acids is 1. The lowest BCUT2D eigenvalue weighted by Gasteiger charge is -2.14. The van der Waals surface area contributed by atoms with Crippen molar-refractivity contribution in [1.82, 2.24) is 0 Å². The molecule has 104 valence electrons. The Kier molecular flexibility index (Phi) is 4.88. The van der Waals surface area contributed by atoms with Gasteiger partial charge in [-0.05, 0) is 24.3 Å². The molecule has 0 aromatic heterocycles. The quantitative estimate of drug-likeness (QED) is 0.521. The third kappa shape index (κ3) is 4.86. The summed E-state index contributed by atoms with van der Waals surface area (Å²) in [7, 11) is 0. The number of anilines is 1. The van der Waals surface area contributed by atoms with E-state index >= 15 is 0 Å². The monoisotopic (exact) mass is 299 g/mol. The second-order valence-corrected chi connectivity index (χ2v) is 3.77. The number of nitrogens with one attached hydrogen (secondary N) is 1. The Morgan fingerprint density at radius 1 is 1.26 bits per heavy atom. The van der Waals surface area contributed by atoms with Gasteiger partial charge < -0.3 is 5.32 Å². The van der Waals surface area contributed by atoms with Crippen LogP contribution in [-0.4, -0.2) is 17.6 Å². The fourth-order valence-corrected chi connectivity index (χ4v) is 1.15. The number of ketones is 1. The van der Waals surface area contributed by atoms with Crippen molar-refractivity contribution in [1.29, 1.82) is 0 Å². The Bertz CT molecular complexity index is 481. The van der Waals surface area contributed by atoms with Crippen molar-refractivity contribution in [2.24, 2.45) is 0 Å². The molecule has 1 aromatic rings. The van der Waals surface area contributed by atoms with Gasteiger partial charge in [0, 0.05) is 11.8 Å². The Morgan fingerprint density at radius 3 is 2.21 bits per heavy atom. The van der Waals surface area contributed by atoms with Crippen LogP contribution in [0.2, 0.25) is 0 Å². The van der Waals surface area contributed by atoms with E-state index in [1.54, 1.807) is 0 Å². The molecule has 1 rings (SSSR count). The molecule has 19 heavy (non-hydrogen) atoms. The third-order valence-electron chi connectivity index (χ3n) is 1.93. The fourth-order valence-electron chi connectivity index (χ4n) is 1.08. The van der Waals surface area contributed by atoms with Crippen LogP contribution >= 0.6 is 11.6 Å². The summed E-state index contributed by atoms with van der Waals surface area (Å²) in [4.78, 5) is 10.9. The van der Waals surface area contributed by atoms with Crippen molar-refractivity contribution in [2.75, 3.05) is 5.32 Å². The number of carbonyl (C=O) groups is 1. The van der Waals surface area contributed by atoms with Gasteiger partial charge in [-0.1, -0.05) is 11.6 Å². The zero-order valence-corrected chi connectivity index (χ0v) is 9.90. The average Bonchev–Trinajstić information content (AvgIpc) is 2.29. The highest BCUT2D eigenvalue weighted by molar-refractivity contribution is 6.31. The van der Waals surface area contributed by atoms with E-state index in [0.717, 1.165) is 24.3 Å². The molecule has 0 fully saturated rings. The molecule has 0 radical (unpaired) electrons. The van der Waals surface area contributed by atoms with Crippen LogP contribution < -0.4 is 5.32 Å². The predicted molar refractivity (Wildman–Crippen MR) is 59.9 cm³/mol. The number of allylic oxidation sites excluding steroid dienone is 2. The topological polar surface area (TPSA) is 29.1 Å². The molecule has 0 heterocycles.